The van der Waals surface area contributed by atoms with Gasteiger partial charge in [0.15, 0.2) is 5.78 Å². The Balaban J connectivity index is 1.81. The number of hydrogen-bond donors (Lipinski definition) is 3. The van der Waals surface area contributed by atoms with E-state index < -0.39 is 11.7 Å². The van der Waals surface area contributed by atoms with Gasteiger partial charge in [0.05, 0.1) is 12.0 Å². The molecule has 134 valence electrons. The highest BCUT2D eigenvalue weighted by Gasteiger charge is 2.35. The summed E-state index contributed by atoms with van der Waals surface area (Å²) in [6.07, 6.45) is 2.98. The summed E-state index contributed by atoms with van der Waals surface area (Å²) in [4.78, 5) is 12.5. The summed E-state index contributed by atoms with van der Waals surface area (Å²) in [6, 6.07) is 5.61. The van der Waals surface area contributed by atoms with Gasteiger partial charge in [0, 0.05) is 17.7 Å². The third-order valence-corrected chi connectivity index (χ3v) is 4.55. The molecule has 26 heavy (non-hydrogen) atoms. The van der Waals surface area contributed by atoms with E-state index in [1.165, 1.54) is 12.1 Å². The number of Topliss-reactive ketones (excluding diaryl/α,β-unsaturated/α-hetero) is 1. The van der Waals surface area contributed by atoms with E-state index in [1.807, 2.05) is 19.9 Å². The van der Waals surface area contributed by atoms with Gasteiger partial charge < -0.3 is 24.8 Å². The number of carbonyl (C=O) groups excluding carboxylic acids is 1. The molecule has 2 heterocycles. The molecular weight excluding hydrogens is 336 g/mol. The van der Waals surface area contributed by atoms with Crippen LogP contribution in [-0.4, -0.2) is 26.7 Å². The van der Waals surface area contributed by atoms with Crippen LogP contribution in [0.25, 0.3) is 6.08 Å². The number of fused-ring (bicyclic) bond motifs is 2. The minimum absolute atomic E-state index is 0.00997. The highest BCUT2D eigenvalue weighted by Crippen LogP contribution is 2.47. The minimum Gasteiger partial charge on any atom is -0.508 e. The number of phenols is 3. The molecule has 0 spiro atoms. The first-order valence-corrected chi connectivity index (χ1v) is 8.25. The highest BCUT2D eigenvalue weighted by molar-refractivity contribution is 6.02. The SMILES string of the molecule is CC1(C)C=Cc2c(O)ccc([C@@H]3CC(=O)c4c(O)cc(O)cc4O3)c2O1. The number of ketones is 1. The quantitative estimate of drug-likeness (QED) is 0.723. The van der Waals surface area contributed by atoms with Gasteiger partial charge in [-0.1, -0.05) is 0 Å². The fourth-order valence-electron chi connectivity index (χ4n) is 3.31. The summed E-state index contributed by atoms with van der Waals surface area (Å²) < 4.78 is 11.9. The molecule has 2 aliphatic heterocycles. The van der Waals surface area contributed by atoms with Crippen LogP contribution in [0.4, 0.5) is 0 Å². The van der Waals surface area contributed by atoms with Crippen LogP contribution in [0, 0.1) is 0 Å². The molecule has 0 saturated heterocycles. The van der Waals surface area contributed by atoms with E-state index in [4.69, 9.17) is 9.47 Å². The van der Waals surface area contributed by atoms with Crippen molar-refractivity contribution in [2.45, 2.75) is 32.0 Å². The van der Waals surface area contributed by atoms with Crippen LogP contribution in [0.2, 0.25) is 0 Å². The van der Waals surface area contributed by atoms with Gasteiger partial charge in [0.2, 0.25) is 0 Å². The number of hydrogen-bond acceptors (Lipinski definition) is 6. The van der Waals surface area contributed by atoms with E-state index in [0.717, 1.165) is 6.07 Å². The molecule has 0 unspecified atom stereocenters. The van der Waals surface area contributed by atoms with Gasteiger partial charge in [-0.3, -0.25) is 4.79 Å². The molecule has 4 rings (SSSR count). The predicted octanol–water partition coefficient (Wildman–Crippen LogP) is 3.69. The average molecular weight is 354 g/mol. The zero-order valence-corrected chi connectivity index (χ0v) is 14.3. The molecule has 0 aromatic heterocycles. The standard InChI is InChI=1S/C20H18O6/c1-20(2)6-5-11-13(22)4-3-12(19(11)26-20)16-9-15(24)18-14(23)7-10(21)8-17(18)25-16/h3-8,16,21-23H,9H2,1-2H3/t16-/m0/s1. The van der Waals surface area contributed by atoms with E-state index in [-0.39, 0.29) is 40.8 Å². The molecule has 2 aliphatic rings. The number of benzene rings is 2. The summed E-state index contributed by atoms with van der Waals surface area (Å²) in [5.41, 5.74) is 0.648. The molecule has 0 radical (unpaired) electrons. The lowest BCUT2D eigenvalue weighted by Gasteiger charge is -2.33. The first-order chi connectivity index (χ1) is 12.2. The second-order valence-corrected chi connectivity index (χ2v) is 7.03. The molecule has 0 fully saturated rings. The van der Waals surface area contributed by atoms with Crippen LogP contribution in [0.1, 0.15) is 47.9 Å². The summed E-state index contributed by atoms with van der Waals surface area (Å²) in [6.45, 7) is 3.77. The summed E-state index contributed by atoms with van der Waals surface area (Å²) in [7, 11) is 0. The van der Waals surface area contributed by atoms with Crippen LogP contribution in [0.5, 0.6) is 28.7 Å². The topological polar surface area (TPSA) is 96.2 Å². The number of ether oxygens (including phenoxy) is 2. The summed E-state index contributed by atoms with van der Waals surface area (Å²) in [5, 5.41) is 29.8. The van der Waals surface area contributed by atoms with Crippen molar-refractivity contribution < 1.29 is 29.6 Å². The van der Waals surface area contributed by atoms with Crippen LogP contribution in [0.3, 0.4) is 0 Å². The third kappa shape index (κ3) is 2.54. The molecule has 0 aliphatic carbocycles. The summed E-state index contributed by atoms with van der Waals surface area (Å²) >= 11 is 0. The largest absolute Gasteiger partial charge is 0.508 e. The van der Waals surface area contributed by atoms with Crippen molar-refractivity contribution in [3.63, 3.8) is 0 Å². The maximum atomic E-state index is 12.5. The Kier molecular flexibility index (Phi) is 3.41. The summed E-state index contributed by atoms with van der Waals surface area (Å²) in [5.74, 6) is -0.131. The molecule has 1 atom stereocenters. The maximum absolute atomic E-state index is 12.5. The predicted molar refractivity (Wildman–Crippen MR) is 93.9 cm³/mol. The van der Waals surface area contributed by atoms with Gasteiger partial charge in [-0.15, -0.1) is 0 Å². The third-order valence-electron chi connectivity index (χ3n) is 4.55. The average Bonchev–Trinajstić information content (AvgIpc) is 2.52. The Morgan fingerprint density at radius 1 is 1.12 bits per heavy atom. The van der Waals surface area contributed by atoms with Crippen molar-refractivity contribution in [1.29, 1.82) is 0 Å². The van der Waals surface area contributed by atoms with Crippen molar-refractivity contribution in [2.75, 3.05) is 0 Å². The molecule has 0 bridgehead atoms. The van der Waals surface area contributed by atoms with Crippen molar-refractivity contribution in [3.8, 4) is 28.7 Å². The van der Waals surface area contributed by atoms with Crippen molar-refractivity contribution in [2.24, 2.45) is 0 Å². The Hall–Kier alpha value is -3.15. The van der Waals surface area contributed by atoms with Gasteiger partial charge in [-0.25, -0.2) is 0 Å². The zero-order valence-electron chi connectivity index (χ0n) is 14.3. The van der Waals surface area contributed by atoms with E-state index in [1.54, 1.807) is 12.1 Å². The van der Waals surface area contributed by atoms with Gasteiger partial charge in [-0.2, -0.15) is 0 Å². The molecule has 0 amide bonds. The van der Waals surface area contributed by atoms with Crippen LogP contribution >= 0.6 is 0 Å². The number of aromatic hydroxyl groups is 3. The van der Waals surface area contributed by atoms with Gasteiger partial charge in [-0.05, 0) is 38.1 Å². The van der Waals surface area contributed by atoms with E-state index in [0.29, 0.717) is 16.9 Å². The lowest BCUT2D eigenvalue weighted by molar-refractivity contribution is 0.0832. The number of carbonyl (C=O) groups is 1. The lowest BCUT2D eigenvalue weighted by atomic mass is 9.92. The van der Waals surface area contributed by atoms with Crippen LogP contribution in [-0.2, 0) is 0 Å². The van der Waals surface area contributed by atoms with Gasteiger partial charge in [0.25, 0.3) is 0 Å². The normalized spacial score (nSPS) is 19.9. The van der Waals surface area contributed by atoms with E-state index in [2.05, 4.69) is 0 Å². The monoisotopic (exact) mass is 354 g/mol. The molecular formula is C20H18O6. The number of phenolic OH excluding ortho intramolecular Hbond substituents is 3. The molecule has 6 heteroatoms. The lowest BCUT2D eigenvalue weighted by Crippen LogP contribution is -2.29. The van der Waals surface area contributed by atoms with Crippen LogP contribution < -0.4 is 9.47 Å². The Labute approximate surface area is 149 Å². The van der Waals surface area contributed by atoms with E-state index >= 15 is 0 Å². The Morgan fingerprint density at radius 2 is 1.88 bits per heavy atom. The van der Waals surface area contributed by atoms with Crippen molar-refractivity contribution >= 4 is 11.9 Å². The first kappa shape index (κ1) is 16.3. The molecule has 3 N–H and O–H groups in total. The zero-order chi connectivity index (χ0) is 18.6. The minimum atomic E-state index is -0.659. The number of rotatable bonds is 1. The second kappa shape index (κ2) is 5.42. The Bertz CT molecular complexity index is 957. The molecule has 6 nitrogen and oxygen atoms in total. The molecule has 0 saturated carbocycles. The van der Waals surface area contributed by atoms with Crippen molar-refractivity contribution in [1.82, 2.24) is 0 Å². The van der Waals surface area contributed by atoms with E-state index in [9.17, 15) is 20.1 Å². The highest BCUT2D eigenvalue weighted by atomic mass is 16.5. The fraction of sp³-hybridized carbons (Fsp3) is 0.250. The smallest absolute Gasteiger partial charge is 0.174 e. The fourth-order valence-corrected chi connectivity index (χ4v) is 3.31. The molecule has 2 aromatic carbocycles. The first-order valence-electron chi connectivity index (χ1n) is 8.25. The van der Waals surface area contributed by atoms with Crippen LogP contribution in [0.15, 0.2) is 30.3 Å². The second-order valence-electron chi connectivity index (χ2n) is 7.03. The maximum Gasteiger partial charge on any atom is 0.174 e. The van der Waals surface area contributed by atoms with Gasteiger partial charge in [0.1, 0.15) is 46.0 Å². The Morgan fingerprint density at radius 3 is 2.65 bits per heavy atom. The molecule has 2 aromatic rings. The van der Waals surface area contributed by atoms with Gasteiger partial charge >= 0.3 is 0 Å². The van der Waals surface area contributed by atoms with Crippen molar-refractivity contribution in [3.05, 3.63) is 47.0 Å².